The Morgan fingerprint density at radius 1 is 1.69 bits per heavy atom. The predicted octanol–water partition coefficient (Wildman–Crippen LogP) is 1.51. The number of rotatable bonds is 4. The number of carbonyl (C=O) groups is 1. The average Bonchev–Trinajstić information content (AvgIpc) is 2.52. The van der Waals surface area contributed by atoms with Gasteiger partial charge in [-0.3, -0.25) is 4.79 Å². The minimum atomic E-state index is -0.153. The molecule has 0 bridgehead atoms. The third-order valence-corrected chi connectivity index (χ3v) is 1.78. The van der Waals surface area contributed by atoms with E-state index in [1.807, 2.05) is 0 Å². The first-order valence-corrected chi connectivity index (χ1v) is 4.45. The number of unbranched alkanes of at least 4 members (excludes halogenated alkanes) is 1. The van der Waals surface area contributed by atoms with Gasteiger partial charge >= 0.3 is 0 Å². The lowest BCUT2D eigenvalue weighted by Gasteiger charge is -2.00. The minimum absolute atomic E-state index is 0.153. The van der Waals surface area contributed by atoms with Crippen molar-refractivity contribution in [2.75, 3.05) is 6.54 Å². The quantitative estimate of drug-likeness (QED) is 0.718. The van der Waals surface area contributed by atoms with Crippen LogP contribution in [0.25, 0.3) is 0 Å². The third kappa shape index (κ3) is 2.57. The summed E-state index contributed by atoms with van der Waals surface area (Å²) in [4.78, 5) is 11.4. The molecule has 0 fully saturated rings. The molecule has 1 aromatic rings. The number of aromatic nitrogens is 1. The molecule has 0 aliphatic rings. The molecule has 0 radical (unpaired) electrons. The Kier molecular flexibility index (Phi) is 3.49. The fourth-order valence-corrected chi connectivity index (χ4v) is 0.969. The number of amides is 1. The van der Waals surface area contributed by atoms with Crippen LogP contribution in [0.4, 0.5) is 0 Å². The lowest BCUT2D eigenvalue weighted by Crippen LogP contribution is -2.25. The van der Waals surface area contributed by atoms with Crippen LogP contribution in [-0.2, 0) is 0 Å². The highest BCUT2D eigenvalue weighted by molar-refractivity contribution is 5.93. The van der Waals surface area contributed by atoms with E-state index in [4.69, 9.17) is 0 Å². The molecule has 72 valence electrons. The van der Waals surface area contributed by atoms with Crippen LogP contribution < -0.4 is 5.32 Å². The van der Waals surface area contributed by atoms with Gasteiger partial charge in [0.25, 0.3) is 5.91 Å². The van der Waals surface area contributed by atoms with Gasteiger partial charge in [0.2, 0.25) is 0 Å². The van der Waals surface area contributed by atoms with Crippen LogP contribution in [0.1, 0.15) is 35.8 Å². The van der Waals surface area contributed by atoms with Gasteiger partial charge in [-0.2, -0.15) is 0 Å². The normalized spacial score (nSPS) is 10.0. The van der Waals surface area contributed by atoms with Crippen LogP contribution in [0.3, 0.4) is 0 Å². The zero-order valence-corrected chi connectivity index (χ0v) is 7.96. The fourth-order valence-electron chi connectivity index (χ4n) is 0.969. The molecular formula is C9H14N2O2. The van der Waals surface area contributed by atoms with Crippen molar-refractivity contribution < 1.29 is 9.32 Å². The first kappa shape index (κ1) is 9.77. The Morgan fingerprint density at radius 2 is 2.46 bits per heavy atom. The van der Waals surface area contributed by atoms with E-state index in [0.717, 1.165) is 18.4 Å². The van der Waals surface area contributed by atoms with Gasteiger partial charge in [0.1, 0.15) is 6.26 Å². The molecule has 0 aromatic carbocycles. The molecule has 0 saturated heterocycles. The molecule has 0 unspecified atom stereocenters. The lowest BCUT2D eigenvalue weighted by molar-refractivity contribution is 0.0943. The summed E-state index contributed by atoms with van der Waals surface area (Å²) < 4.78 is 4.66. The smallest absolute Gasteiger partial charge is 0.273 e. The van der Waals surface area contributed by atoms with E-state index in [1.165, 1.54) is 6.26 Å². The van der Waals surface area contributed by atoms with Crippen molar-refractivity contribution in [3.8, 4) is 0 Å². The molecule has 4 nitrogen and oxygen atoms in total. The Bertz CT molecular complexity index is 281. The largest absolute Gasteiger partial charge is 0.364 e. The SMILES string of the molecule is CCCCNC(=O)c1nocc1C. The van der Waals surface area contributed by atoms with Gasteiger partial charge in [0.05, 0.1) is 0 Å². The van der Waals surface area contributed by atoms with E-state index in [0.29, 0.717) is 12.2 Å². The van der Waals surface area contributed by atoms with Crippen molar-refractivity contribution in [3.05, 3.63) is 17.5 Å². The maximum absolute atomic E-state index is 11.4. The molecule has 1 amide bonds. The highest BCUT2D eigenvalue weighted by Crippen LogP contribution is 2.03. The van der Waals surface area contributed by atoms with Crippen LogP contribution in [0.15, 0.2) is 10.8 Å². The topological polar surface area (TPSA) is 55.1 Å². The fraction of sp³-hybridized carbons (Fsp3) is 0.556. The Labute approximate surface area is 77.3 Å². The average molecular weight is 182 g/mol. The summed E-state index contributed by atoms with van der Waals surface area (Å²) >= 11 is 0. The molecule has 1 rings (SSSR count). The van der Waals surface area contributed by atoms with Crippen LogP contribution in [0, 0.1) is 6.92 Å². The highest BCUT2D eigenvalue weighted by Gasteiger charge is 2.11. The third-order valence-electron chi connectivity index (χ3n) is 1.78. The molecule has 0 saturated carbocycles. The first-order valence-electron chi connectivity index (χ1n) is 4.45. The summed E-state index contributed by atoms with van der Waals surface area (Å²) in [5, 5.41) is 6.37. The van der Waals surface area contributed by atoms with Crippen LogP contribution >= 0.6 is 0 Å². The van der Waals surface area contributed by atoms with Crippen LogP contribution in [0.5, 0.6) is 0 Å². The molecule has 4 heteroatoms. The van der Waals surface area contributed by atoms with Gasteiger partial charge in [-0.15, -0.1) is 0 Å². The number of aryl methyl sites for hydroxylation is 1. The number of carbonyl (C=O) groups excluding carboxylic acids is 1. The lowest BCUT2D eigenvalue weighted by atomic mass is 10.2. The summed E-state index contributed by atoms with van der Waals surface area (Å²) in [5.74, 6) is -0.153. The number of nitrogens with zero attached hydrogens (tertiary/aromatic N) is 1. The van der Waals surface area contributed by atoms with Gasteiger partial charge in [-0.25, -0.2) is 0 Å². The van der Waals surface area contributed by atoms with E-state index in [1.54, 1.807) is 6.92 Å². The molecule has 1 N–H and O–H groups in total. The molecule has 0 spiro atoms. The van der Waals surface area contributed by atoms with E-state index in [2.05, 4.69) is 21.9 Å². The van der Waals surface area contributed by atoms with Crippen LogP contribution in [0.2, 0.25) is 0 Å². The van der Waals surface area contributed by atoms with Crippen molar-refractivity contribution in [1.82, 2.24) is 10.5 Å². The summed E-state index contributed by atoms with van der Waals surface area (Å²) in [5.41, 5.74) is 1.16. The van der Waals surface area contributed by atoms with Crippen LogP contribution in [-0.4, -0.2) is 17.6 Å². The second-order valence-electron chi connectivity index (χ2n) is 2.96. The van der Waals surface area contributed by atoms with Crippen molar-refractivity contribution in [1.29, 1.82) is 0 Å². The Balaban J connectivity index is 2.45. The highest BCUT2D eigenvalue weighted by atomic mass is 16.5. The zero-order chi connectivity index (χ0) is 9.68. The zero-order valence-electron chi connectivity index (χ0n) is 7.96. The second-order valence-corrected chi connectivity index (χ2v) is 2.96. The summed E-state index contributed by atoms with van der Waals surface area (Å²) in [6.07, 6.45) is 3.52. The van der Waals surface area contributed by atoms with Crippen molar-refractivity contribution >= 4 is 5.91 Å². The number of hydrogen-bond acceptors (Lipinski definition) is 3. The van der Waals surface area contributed by atoms with E-state index in [9.17, 15) is 4.79 Å². The molecular weight excluding hydrogens is 168 g/mol. The van der Waals surface area contributed by atoms with E-state index >= 15 is 0 Å². The summed E-state index contributed by atoms with van der Waals surface area (Å²) in [6, 6.07) is 0. The second kappa shape index (κ2) is 4.64. The molecule has 1 aromatic heterocycles. The maximum atomic E-state index is 11.4. The predicted molar refractivity (Wildman–Crippen MR) is 48.5 cm³/mol. The van der Waals surface area contributed by atoms with Gasteiger partial charge < -0.3 is 9.84 Å². The minimum Gasteiger partial charge on any atom is -0.364 e. The Morgan fingerprint density at radius 3 is 3.00 bits per heavy atom. The Hall–Kier alpha value is -1.32. The maximum Gasteiger partial charge on any atom is 0.273 e. The van der Waals surface area contributed by atoms with Gasteiger partial charge in [-0.1, -0.05) is 18.5 Å². The summed E-state index contributed by atoms with van der Waals surface area (Å²) in [7, 11) is 0. The van der Waals surface area contributed by atoms with Gasteiger partial charge in [-0.05, 0) is 13.3 Å². The van der Waals surface area contributed by atoms with E-state index < -0.39 is 0 Å². The molecule has 0 aliphatic carbocycles. The number of nitrogens with one attached hydrogen (secondary N) is 1. The van der Waals surface area contributed by atoms with E-state index in [-0.39, 0.29) is 5.91 Å². The van der Waals surface area contributed by atoms with Crippen molar-refractivity contribution in [2.24, 2.45) is 0 Å². The molecule has 13 heavy (non-hydrogen) atoms. The van der Waals surface area contributed by atoms with Gasteiger partial charge in [0.15, 0.2) is 5.69 Å². The monoisotopic (exact) mass is 182 g/mol. The molecule has 0 aliphatic heterocycles. The first-order chi connectivity index (χ1) is 6.25. The van der Waals surface area contributed by atoms with Crippen molar-refractivity contribution in [3.63, 3.8) is 0 Å². The summed E-state index contributed by atoms with van der Waals surface area (Å²) in [6.45, 7) is 4.57. The standard InChI is InChI=1S/C9H14N2O2/c1-3-4-5-10-9(12)8-7(2)6-13-11-8/h6H,3-5H2,1-2H3,(H,10,12). The molecule has 1 heterocycles. The van der Waals surface area contributed by atoms with Crippen molar-refractivity contribution in [2.45, 2.75) is 26.7 Å². The molecule has 0 atom stereocenters. The number of hydrogen-bond donors (Lipinski definition) is 1. The van der Waals surface area contributed by atoms with Gasteiger partial charge in [0, 0.05) is 12.1 Å².